The van der Waals surface area contributed by atoms with Crippen LogP contribution in [-0.2, 0) is 6.18 Å². The summed E-state index contributed by atoms with van der Waals surface area (Å²) in [7, 11) is 0. The maximum Gasteiger partial charge on any atom is 0.417 e. The number of halogens is 3. The second-order valence-electron chi connectivity index (χ2n) is 4.60. The maximum atomic E-state index is 13.0. The SMILES string of the molecule is CSCCCCCNc1ccc(C(N)=S)c(C(F)(F)F)c1. The first kappa shape index (κ1) is 18.1. The third-order valence-electron chi connectivity index (χ3n) is 2.94. The van der Waals surface area contributed by atoms with Crippen molar-refractivity contribution in [1.29, 1.82) is 0 Å². The van der Waals surface area contributed by atoms with Gasteiger partial charge in [0, 0.05) is 17.8 Å². The van der Waals surface area contributed by atoms with Crippen molar-refractivity contribution in [2.24, 2.45) is 5.73 Å². The molecule has 0 aliphatic carbocycles. The van der Waals surface area contributed by atoms with Crippen LogP contribution in [0.15, 0.2) is 18.2 Å². The Morgan fingerprint density at radius 1 is 1.29 bits per heavy atom. The number of nitrogens with one attached hydrogen (secondary N) is 1. The third kappa shape index (κ3) is 6.13. The van der Waals surface area contributed by atoms with Crippen LogP contribution >= 0.6 is 24.0 Å². The summed E-state index contributed by atoms with van der Waals surface area (Å²) >= 11 is 6.46. The number of rotatable bonds is 8. The van der Waals surface area contributed by atoms with E-state index in [2.05, 4.69) is 23.8 Å². The van der Waals surface area contributed by atoms with E-state index in [4.69, 9.17) is 5.73 Å². The summed E-state index contributed by atoms with van der Waals surface area (Å²) in [6.45, 7) is 0.651. The summed E-state index contributed by atoms with van der Waals surface area (Å²) in [6.07, 6.45) is 0.704. The van der Waals surface area contributed by atoms with Crippen LogP contribution in [0.3, 0.4) is 0 Å². The van der Waals surface area contributed by atoms with Gasteiger partial charge in [-0.15, -0.1) is 0 Å². The Balaban J connectivity index is 2.66. The molecule has 0 aromatic heterocycles. The second kappa shape index (κ2) is 8.48. The Morgan fingerprint density at radius 3 is 2.57 bits per heavy atom. The van der Waals surface area contributed by atoms with Crippen LogP contribution in [0.4, 0.5) is 18.9 Å². The van der Waals surface area contributed by atoms with E-state index in [1.165, 1.54) is 6.07 Å². The van der Waals surface area contributed by atoms with Gasteiger partial charge in [0.05, 0.1) is 5.56 Å². The van der Waals surface area contributed by atoms with Crippen molar-refractivity contribution in [2.75, 3.05) is 23.9 Å². The number of nitrogens with two attached hydrogens (primary N) is 1. The van der Waals surface area contributed by atoms with Gasteiger partial charge in [-0.2, -0.15) is 24.9 Å². The van der Waals surface area contributed by atoms with Gasteiger partial charge < -0.3 is 11.1 Å². The van der Waals surface area contributed by atoms with E-state index in [1.54, 1.807) is 17.8 Å². The van der Waals surface area contributed by atoms with Crippen LogP contribution in [0.25, 0.3) is 0 Å². The molecule has 1 rings (SSSR count). The Bertz CT molecular complexity index is 476. The van der Waals surface area contributed by atoms with E-state index in [0.29, 0.717) is 12.2 Å². The van der Waals surface area contributed by atoms with Gasteiger partial charge in [0.2, 0.25) is 0 Å². The molecule has 0 heterocycles. The van der Waals surface area contributed by atoms with E-state index >= 15 is 0 Å². The first-order chi connectivity index (χ1) is 9.86. The van der Waals surface area contributed by atoms with Gasteiger partial charge in [-0.05, 0) is 43.0 Å². The molecule has 0 fully saturated rings. The quantitative estimate of drug-likeness (QED) is 0.549. The van der Waals surface area contributed by atoms with Gasteiger partial charge >= 0.3 is 6.18 Å². The third-order valence-corrected chi connectivity index (χ3v) is 3.86. The van der Waals surface area contributed by atoms with Crippen LogP contribution < -0.4 is 11.1 Å². The molecule has 0 spiro atoms. The lowest BCUT2D eigenvalue weighted by molar-refractivity contribution is -0.137. The largest absolute Gasteiger partial charge is 0.417 e. The average Bonchev–Trinajstić information content (AvgIpc) is 2.41. The molecule has 118 valence electrons. The molecule has 7 heteroatoms. The molecule has 3 N–H and O–H groups in total. The molecule has 0 bridgehead atoms. The standard InChI is InChI=1S/C14H19F3N2S2/c1-21-8-4-2-3-7-19-10-5-6-11(13(18)20)12(9-10)14(15,16)17/h5-6,9,19H,2-4,7-8H2,1H3,(H2,18,20). The molecule has 1 aromatic carbocycles. The predicted molar refractivity (Wildman–Crippen MR) is 88.1 cm³/mol. The molecule has 2 nitrogen and oxygen atoms in total. The zero-order valence-electron chi connectivity index (χ0n) is 11.8. The summed E-state index contributed by atoms with van der Waals surface area (Å²) in [5, 5.41) is 3.01. The van der Waals surface area contributed by atoms with Crippen LogP contribution in [-0.4, -0.2) is 23.5 Å². The predicted octanol–water partition coefficient (Wildman–Crippen LogP) is 4.28. The number of hydrogen-bond acceptors (Lipinski definition) is 3. The Labute approximate surface area is 132 Å². The molecule has 0 amide bonds. The van der Waals surface area contributed by atoms with Crippen LogP contribution in [0.2, 0.25) is 0 Å². The van der Waals surface area contributed by atoms with Crippen molar-refractivity contribution < 1.29 is 13.2 Å². The molecule has 0 saturated carbocycles. The monoisotopic (exact) mass is 336 g/mol. The molecule has 0 aliphatic heterocycles. The Kier molecular flexibility index (Phi) is 7.31. The van der Waals surface area contributed by atoms with Crippen molar-refractivity contribution in [1.82, 2.24) is 0 Å². The molecule has 1 aromatic rings. The fourth-order valence-corrected chi connectivity index (χ4v) is 2.56. The van der Waals surface area contributed by atoms with Crippen molar-refractivity contribution in [3.05, 3.63) is 29.3 Å². The minimum absolute atomic E-state index is 0.136. The highest BCUT2D eigenvalue weighted by Gasteiger charge is 2.34. The lowest BCUT2D eigenvalue weighted by Crippen LogP contribution is -2.18. The minimum atomic E-state index is -4.46. The number of unbranched alkanes of at least 4 members (excludes halogenated alkanes) is 2. The first-order valence-electron chi connectivity index (χ1n) is 6.60. The van der Waals surface area contributed by atoms with Gasteiger partial charge in [-0.25, -0.2) is 0 Å². The summed E-state index contributed by atoms with van der Waals surface area (Å²) in [6, 6.07) is 3.96. The van der Waals surface area contributed by atoms with Gasteiger partial charge in [0.1, 0.15) is 4.99 Å². The highest BCUT2D eigenvalue weighted by Crippen LogP contribution is 2.33. The lowest BCUT2D eigenvalue weighted by atomic mass is 10.1. The summed E-state index contributed by atoms with van der Waals surface area (Å²) in [5.74, 6) is 1.11. The zero-order chi connectivity index (χ0) is 15.9. The van der Waals surface area contributed by atoms with Gasteiger partial charge in [0.15, 0.2) is 0 Å². The summed E-state index contributed by atoms with van der Waals surface area (Å²) < 4.78 is 38.9. The molecule has 0 aliphatic rings. The van der Waals surface area contributed by atoms with Gasteiger partial charge in [0.25, 0.3) is 0 Å². The number of thiocarbonyl (C=S) groups is 1. The molecular formula is C14H19F3N2S2. The first-order valence-corrected chi connectivity index (χ1v) is 8.40. The smallest absolute Gasteiger partial charge is 0.389 e. The number of benzene rings is 1. The number of hydrogen-bond donors (Lipinski definition) is 2. The molecule has 21 heavy (non-hydrogen) atoms. The summed E-state index contributed by atoms with van der Waals surface area (Å²) in [5.41, 5.74) is 4.85. The molecule has 0 radical (unpaired) electrons. The Hall–Kier alpha value is -0.950. The van der Waals surface area contributed by atoms with Gasteiger partial charge in [-0.1, -0.05) is 18.6 Å². The van der Waals surface area contributed by atoms with Crippen LogP contribution in [0, 0.1) is 0 Å². The van der Waals surface area contributed by atoms with E-state index in [9.17, 15) is 13.2 Å². The molecular weight excluding hydrogens is 317 g/mol. The maximum absolute atomic E-state index is 13.0. The number of alkyl halides is 3. The van der Waals surface area contributed by atoms with Crippen molar-refractivity contribution in [3.63, 3.8) is 0 Å². The van der Waals surface area contributed by atoms with Crippen molar-refractivity contribution in [3.8, 4) is 0 Å². The average molecular weight is 336 g/mol. The molecule has 0 unspecified atom stereocenters. The van der Waals surface area contributed by atoms with E-state index < -0.39 is 11.7 Å². The lowest BCUT2D eigenvalue weighted by Gasteiger charge is -2.14. The van der Waals surface area contributed by atoms with Crippen LogP contribution in [0.1, 0.15) is 30.4 Å². The van der Waals surface area contributed by atoms with E-state index in [0.717, 1.165) is 31.1 Å². The van der Waals surface area contributed by atoms with E-state index in [1.807, 2.05) is 0 Å². The summed E-state index contributed by atoms with van der Waals surface area (Å²) in [4.78, 5) is -0.244. The number of anilines is 1. The molecule has 0 saturated heterocycles. The Morgan fingerprint density at radius 2 is 2.00 bits per heavy atom. The zero-order valence-corrected chi connectivity index (χ0v) is 13.4. The van der Waals surface area contributed by atoms with Crippen LogP contribution in [0.5, 0.6) is 0 Å². The normalized spacial score (nSPS) is 11.4. The van der Waals surface area contributed by atoms with Crippen molar-refractivity contribution in [2.45, 2.75) is 25.4 Å². The highest BCUT2D eigenvalue weighted by molar-refractivity contribution is 7.98. The fraction of sp³-hybridized carbons (Fsp3) is 0.500. The topological polar surface area (TPSA) is 38.0 Å². The second-order valence-corrected chi connectivity index (χ2v) is 6.03. The fourth-order valence-electron chi connectivity index (χ4n) is 1.88. The molecule has 0 atom stereocenters. The minimum Gasteiger partial charge on any atom is -0.389 e. The van der Waals surface area contributed by atoms with E-state index in [-0.39, 0.29) is 10.6 Å². The van der Waals surface area contributed by atoms with Gasteiger partial charge in [-0.3, -0.25) is 0 Å². The highest BCUT2D eigenvalue weighted by atomic mass is 32.2. The number of thioether (sulfide) groups is 1. The van der Waals surface area contributed by atoms with Crippen molar-refractivity contribution >= 4 is 34.7 Å².